The van der Waals surface area contributed by atoms with E-state index < -0.39 is 0 Å². The SMILES string of the molecule is O=CO.Oc1ccc(C2c3[nH]c4ccc(Cl)cc4c3CCN2c2ccc(O)cc2)cc1. The summed E-state index contributed by atoms with van der Waals surface area (Å²) in [6.07, 6.45) is 0.894. The van der Waals surface area contributed by atoms with Crippen molar-refractivity contribution in [2.45, 2.75) is 12.5 Å². The molecule has 0 spiro atoms. The highest BCUT2D eigenvalue weighted by atomic mass is 35.5. The van der Waals surface area contributed by atoms with Crippen molar-refractivity contribution < 1.29 is 20.1 Å². The molecule has 6 nitrogen and oxygen atoms in total. The fraction of sp³-hybridized carbons (Fsp3) is 0.125. The number of phenolic OH excluding ortho intramolecular Hbond substituents is 2. The zero-order valence-corrected chi connectivity index (χ0v) is 17.3. The third-order valence-electron chi connectivity index (χ3n) is 5.48. The number of anilines is 1. The lowest BCUT2D eigenvalue weighted by Gasteiger charge is -2.38. The molecule has 3 aromatic carbocycles. The molecule has 0 amide bonds. The van der Waals surface area contributed by atoms with Gasteiger partial charge in [-0.1, -0.05) is 23.7 Å². The van der Waals surface area contributed by atoms with Crippen LogP contribution < -0.4 is 4.90 Å². The molecule has 1 atom stereocenters. The number of carbonyl (C=O) groups is 1. The van der Waals surface area contributed by atoms with Crippen LogP contribution in [0.4, 0.5) is 5.69 Å². The van der Waals surface area contributed by atoms with Gasteiger partial charge in [-0.15, -0.1) is 0 Å². The van der Waals surface area contributed by atoms with Gasteiger partial charge in [0.2, 0.25) is 0 Å². The van der Waals surface area contributed by atoms with E-state index in [0.29, 0.717) is 0 Å². The van der Waals surface area contributed by atoms with Crippen LogP contribution in [0.3, 0.4) is 0 Å². The van der Waals surface area contributed by atoms with Gasteiger partial charge in [0.15, 0.2) is 0 Å². The van der Waals surface area contributed by atoms with Gasteiger partial charge in [0, 0.05) is 33.9 Å². The Kier molecular flexibility index (Phi) is 5.73. The lowest BCUT2D eigenvalue weighted by Crippen LogP contribution is -2.36. The number of rotatable bonds is 2. The van der Waals surface area contributed by atoms with Crippen LogP contribution in [0.15, 0.2) is 66.7 Å². The van der Waals surface area contributed by atoms with E-state index in [4.69, 9.17) is 21.5 Å². The zero-order valence-electron chi connectivity index (χ0n) is 16.5. The maximum atomic E-state index is 9.74. The van der Waals surface area contributed by atoms with Crippen molar-refractivity contribution in [2.24, 2.45) is 0 Å². The third kappa shape index (κ3) is 4.02. The van der Waals surface area contributed by atoms with Crippen molar-refractivity contribution in [2.75, 3.05) is 11.4 Å². The number of aromatic amines is 1. The fourth-order valence-corrected chi connectivity index (χ4v) is 4.36. The number of hydrogen-bond donors (Lipinski definition) is 4. The molecule has 1 aliphatic heterocycles. The van der Waals surface area contributed by atoms with E-state index in [0.717, 1.165) is 45.8 Å². The van der Waals surface area contributed by atoms with Crippen LogP contribution in [0, 0.1) is 0 Å². The molecular formula is C24H21ClN2O4. The van der Waals surface area contributed by atoms with Crippen LogP contribution in [0.1, 0.15) is 22.9 Å². The summed E-state index contributed by atoms with van der Waals surface area (Å²) >= 11 is 6.25. The van der Waals surface area contributed by atoms with Crippen LogP contribution in [0.25, 0.3) is 10.9 Å². The van der Waals surface area contributed by atoms with Crippen molar-refractivity contribution in [1.82, 2.24) is 4.98 Å². The molecule has 7 heteroatoms. The second-order valence-corrected chi connectivity index (χ2v) is 7.70. The first kappa shape index (κ1) is 20.6. The van der Waals surface area contributed by atoms with E-state index >= 15 is 0 Å². The van der Waals surface area contributed by atoms with Gasteiger partial charge in [-0.05, 0) is 72.1 Å². The van der Waals surface area contributed by atoms with Crippen molar-refractivity contribution in [3.8, 4) is 11.5 Å². The second-order valence-electron chi connectivity index (χ2n) is 7.27. The Hall–Kier alpha value is -3.64. The Balaban J connectivity index is 0.000000730. The number of benzene rings is 3. The molecule has 0 bridgehead atoms. The monoisotopic (exact) mass is 436 g/mol. The molecule has 31 heavy (non-hydrogen) atoms. The summed E-state index contributed by atoms with van der Waals surface area (Å²) in [5.74, 6) is 0.502. The van der Waals surface area contributed by atoms with Gasteiger partial charge in [-0.2, -0.15) is 0 Å². The largest absolute Gasteiger partial charge is 0.508 e. The molecule has 2 heterocycles. The first-order chi connectivity index (χ1) is 15.0. The van der Waals surface area contributed by atoms with Gasteiger partial charge >= 0.3 is 0 Å². The Morgan fingerprint density at radius 2 is 1.58 bits per heavy atom. The van der Waals surface area contributed by atoms with Gasteiger partial charge in [0.1, 0.15) is 11.5 Å². The third-order valence-corrected chi connectivity index (χ3v) is 5.71. The smallest absolute Gasteiger partial charge is 0.290 e. The number of halogens is 1. The quantitative estimate of drug-likeness (QED) is 0.328. The van der Waals surface area contributed by atoms with E-state index in [1.54, 1.807) is 24.3 Å². The van der Waals surface area contributed by atoms with Crippen molar-refractivity contribution in [1.29, 1.82) is 0 Å². The van der Waals surface area contributed by atoms with Crippen molar-refractivity contribution >= 4 is 34.7 Å². The first-order valence-corrected chi connectivity index (χ1v) is 10.1. The van der Waals surface area contributed by atoms with Crippen molar-refractivity contribution in [3.63, 3.8) is 0 Å². The number of fused-ring (bicyclic) bond motifs is 3. The van der Waals surface area contributed by atoms with E-state index in [1.165, 1.54) is 5.56 Å². The van der Waals surface area contributed by atoms with Crippen LogP contribution in [0.2, 0.25) is 5.02 Å². The molecule has 0 aliphatic carbocycles. The van der Waals surface area contributed by atoms with E-state index in [1.807, 2.05) is 42.5 Å². The number of aromatic nitrogens is 1. The Bertz CT molecular complexity index is 1200. The predicted molar refractivity (Wildman–Crippen MR) is 121 cm³/mol. The predicted octanol–water partition coefficient (Wildman–Crippen LogP) is 5.09. The standard InChI is InChI=1S/C23H19ClN2O2.CH2O2/c24-15-3-10-21-20(13-15)19-11-12-26(16-4-8-18(28)9-5-16)23(22(19)25-21)14-1-6-17(27)7-2-14;2-1-3/h1-10,13,23,25,27-28H,11-12H2;1H,(H,2,3). The number of H-pyrrole nitrogens is 1. The molecule has 1 aliphatic rings. The maximum absolute atomic E-state index is 9.74. The highest BCUT2D eigenvalue weighted by Crippen LogP contribution is 2.41. The number of carboxylic acid groups (broad SMARTS) is 1. The van der Waals surface area contributed by atoms with Crippen LogP contribution in [-0.4, -0.2) is 33.3 Å². The summed E-state index contributed by atoms with van der Waals surface area (Å²) in [7, 11) is 0. The Labute approximate surface area is 184 Å². The molecule has 0 fully saturated rings. The Morgan fingerprint density at radius 1 is 0.968 bits per heavy atom. The molecule has 4 N–H and O–H groups in total. The lowest BCUT2D eigenvalue weighted by atomic mass is 9.91. The van der Waals surface area contributed by atoms with Crippen LogP contribution in [-0.2, 0) is 11.2 Å². The van der Waals surface area contributed by atoms with E-state index in [2.05, 4.69) is 9.88 Å². The normalized spacial score (nSPS) is 15.1. The number of phenols is 2. The van der Waals surface area contributed by atoms with E-state index in [-0.39, 0.29) is 24.0 Å². The minimum atomic E-state index is -0.250. The summed E-state index contributed by atoms with van der Waals surface area (Å²) in [6.45, 7) is 0.586. The van der Waals surface area contributed by atoms with E-state index in [9.17, 15) is 10.2 Å². The van der Waals surface area contributed by atoms with Crippen LogP contribution in [0.5, 0.6) is 11.5 Å². The van der Waals surface area contributed by atoms with Crippen molar-refractivity contribution in [3.05, 3.63) is 88.6 Å². The maximum Gasteiger partial charge on any atom is 0.290 e. The van der Waals surface area contributed by atoms with Gasteiger partial charge in [0.05, 0.1) is 6.04 Å². The number of nitrogens with zero attached hydrogens (tertiary/aromatic N) is 1. The van der Waals surface area contributed by atoms with Gasteiger partial charge in [-0.3, -0.25) is 4.79 Å². The number of nitrogens with one attached hydrogen (secondary N) is 1. The minimum Gasteiger partial charge on any atom is -0.508 e. The second kappa shape index (κ2) is 8.62. The molecule has 1 unspecified atom stereocenters. The molecule has 4 aromatic rings. The average Bonchev–Trinajstić information content (AvgIpc) is 3.13. The number of aromatic hydroxyl groups is 2. The molecule has 1 aromatic heterocycles. The molecule has 0 saturated heterocycles. The summed E-state index contributed by atoms with van der Waals surface area (Å²) in [5, 5.41) is 28.2. The van der Waals surface area contributed by atoms with Gasteiger partial charge < -0.3 is 25.2 Å². The highest BCUT2D eigenvalue weighted by Gasteiger charge is 2.32. The minimum absolute atomic E-state index is 0.0277. The fourth-order valence-electron chi connectivity index (χ4n) is 4.19. The molecular weight excluding hydrogens is 416 g/mol. The molecule has 0 saturated carbocycles. The molecule has 158 valence electrons. The highest BCUT2D eigenvalue weighted by molar-refractivity contribution is 6.31. The van der Waals surface area contributed by atoms with Gasteiger partial charge in [0.25, 0.3) is 6.47 Å². The summed E-state index contributed by atoms with van der Waals surface area (Å²) in [5.41, 5.74) is 5.63. The Morgan fingerprint density at radius 3 is 2.23 bits per heavy atom. The number of hydrogen-bond acceptors (Lipinski definition) is 4. The zero-order chi connectivity index (χ0) is 22.0. The van der Waals surface area contributed by atoms with Crippen LogP contribution >= 0.6 is 11.6 Å². The summed E-state index contributed by atoms with van der Waals surface area (Å²) in [4.78, 5) is 14.3. The first-order valence-electron chi connectivity index (χ1n) is 9.74. The average molecular weight is 437 g/mol. The molecule has 5 rings (SSSR count). The summed E-state index contributed by atoms with van der Waals surface area (Å²) in [6, 6.07) is 20.6. The summed E-state index contributed by atoms with van der Waals surface area (Å²) < 4.78 is 0. The van der Waals surface area contributed by atoms with Gasteiger partial charge in [-0.25, -0.2) is 0 Å². The lowest BCUT2D eigenvalue weighted by molar-refractivity contribution is -0.122. The topological polar surface area (TPSA) is 96.8 Å². The molecule has 0 radical (unpaired) electrons.